The van der Waals surface area contributed by atoms with E-state index in [1.54, 1.807) is 0 Å². The van der Waals surface area contributed by atoms with E-state index < -0.39 is 0 Å². The van der Waals surface area contributed by atoms with Crippen LogP contribution in [0.4, 0.5) is 0 Å². The van der Waals surface area contributed by atoms with Gasteiger partial charge in [0.2, 0.25) is 0 Å². The Hall–Kier alpha value is -1.49. The Bertz CT molecular complexity index is 596. The number of benzene rings is 2. The third-order valence-corrected chi connectivity index (χ3v) is 4.01. The van der Waals surface area contributed by atoms with Gasteiger partial charge in [-0.25, -0.2) is 0 Å². The molecule has 3 heteroatoms. The smallest absolute Gasteiger partial charge is 0.0781 e. The lowest BCUT2D eigenvalue weighted by atomic mass is 9.81. The Morgan fingerprint density at radius 1 is 0.900 bits per heavy atom. The standard InChI is InChI=1S/C17H15Cl2N/c1-2-16(12-3-7-14(18)8-4-12)17(11-20)13-5-9-15(19)10-6-13/h3-10,16-17H,2H2,1H3. The monoisotopic (exact) mass is 303 g/mol. The number of rotatable bonds is 4. The highest BCUT2D eigenvalue weighted by Crippen LogP contribution is 2.35. The summed E-state index contributed by atoms with van der Waals surface area (Å²) < 4.78 is 0. The van der Waals surface area contributed by atoms with Crippen LogP contribution in [0.2, 0.25) is 10.0 Å². The average Bonchev–Trinajstić information content (AvgIpc) is 2.47. The van der Waals surface area contributed by atoms with Crippen LogP contribution in [0.25, 0.3) is 0 Å². The first kappa shape index (κ1) is 14.9. The van der Waals surface area contributed by atoms with Gasteiger partial charge in [-0.1, -0.05) is 54.4 Å². The van der Waals surface area contributed by atoms with Crippen LogP contribution >= 0.6 is 23.2 Å². The molecule has 0 aliphatic carbocycles. The molecule has 1 nitrogen and oxygen atoms in total. The van der Waals surface area contributed by atoms with E-state index in [9.17, 15) is 5.26 Å². The molecular formula is C17H15Cl2N. The van der Waals surface area contributed by atoms with Crippen molar-refractivity contribution in [3.8, 4) is 6.07 Å². The molecule has 0 saturated heterocycles. The fourth-order valence-electron chi connectivity index (χ4n) is 2.44. The lowest BCUT2D eigenvalue weighted by Crippen LogP contribution is -2.09. The Morgan fingerprint density at radius 3 is 1.75 bits per heavy atom. The zero-order chi connectivity index (χ0) is 14.5. The first-order valence-electron chi connectivity index (χ1n) is 6.56. The van der Waals surface area contributed by atoms with E-state index in [4.69, 9.17) is 23.2 Å². The molecule has 0 bridgehead atoms. The summed E-state index contributed by atoms with van der Waals surface area (Å²) in [6.07, 6.45) is 0.891. The molecule has 0 aliphatic rings. The maximum Gasteiger partial charge on any atom is 0.0781 e. The molecule has 2 aromatic rings. The minimum absolute atomic E-state index is 0.151. The van der Waals surface area contributed by atoms with Crippen molar-refractivity contribution < 1.29 is 0 Å². The summed E-state index contributed by atoms with van der Waals surface area (Å²) in [5.41, 5.74) is 2.14. The van der Waals surface area contributed by atoms with Crippen LogP contribution < -0.4 is 0 Å². The van der Waals surface area contributed by atoms with Crippen molar-refractivity contribution in [1.29, 1.82) is 5.26 Å². The second-order valence-corrected chi connectivity index (χ2v) is 5.60. The Balaban J connectivity index is 2.35. The highest BCUT2D eigenvalue weighted by Gasteiger charge is 2.23. The van der Waals surface area contributed by atoms with Crippen LogP contribution in [-0.4, -0.2) is 0 Å². The molecule has 102 valence electrons. The second kappa shape index (κ2) is 6.79. The first-order valence-corrected chi connectivity index (χ1v) is 7.31. The topological polar surface area (TPSA) is 23.8 Å². The van der Waals surface area contributed by atoms with E-state index >= 15 is 0 Å². The van der Waals surface area contributed by atoms with Gasteiger partial charge in [0.1, 0.15) is 0 Å². The van der Waals surface area contributed by atoms with Crippen LogP contribution in [0.15, 0.2) is 48.5 Å². The predicted octanol–water partition coefficient (Wildman–Crippen LogP) is 5.79. The van der Waals surface area contributed by atoms with E-state index in [0.29, 0.717) is 10.0 Å². The van der Waals surface area contributed by atoms with E-state index in [0.717, 1.165) is 17.5 Å². The van der Waals surface area contributed by atoms with Gasteiger partial charge in [0, 0.05) is 16.0 Å². The van der Waals surface area contributed by atoms with Gasteiger partial charge in [-0.2, -0.15) is 5.26 Å². The van der Waals surface area contributed by atoms with Gasteiger partial charge >= 0.3 is 0 Å². The van der Waals surface area contributed by atoms with Crippen molar-refractivity contribution in [2.24, 2.45) is 0 Å². The van der Waals surface area contributed by atoms with Crippen LogP contribution in [0, 0.1) is 11.3 Å². The van der Waals surface area contributed by atoms with Crippen LogP contribution in [0.5, 0.6) is 0 Å². The molecule has 0 amide bonds. The van der Waals surface area contributed by atoms with E-state index in [2.05, 4.69) is 13.0 Å². The van der Waals surface area contributed by atoms with E-state index in [1.807, 2.05) is 48.5 Å². The number of hydrogen-bond acceptors (Lipinski definition) is 1. The third-order valence-electron chi connectivity index (χ3n) is 3.51. The Morgan fingerprint density at radius 2 is 1.35 bits per heavy atom. The van der Waals surface area contributed by atoms with Crippen molar-refractivity contribution >= 4 is 23.2 Å². The highest BCUT2D eigenvalue weighted by molar-refractivity contribution is 6.30. The molecule has 2 aromatic carbocycles. The van der Waals surface area contributed by atoms with Gasteiger partial charge in [-0.05, 0) is 41.8 Å². The molecule has 2 unspecified atom stereocenters. The summed E-state index contributed by atoms with van der Waals surface area (Å²) in [5, 5.41) is 11.0. The number of nitrogens with zero attached hydrogens (tertiary/aromatic N) is 1. The molecule has 0 N–H and O–H groups in total. The summed E-state index contributed by atoms with van der Waals surface area (Å²) in [6, 6.07) is 17.7. The lowest BCUT2D eigenvalue weighted by molar-refractivity contribution is 0.607. The van der Waals surface area contributed by atoms with Gasteiger partial charge < -0.3 is 0 Å². The normalized spacial score (nSPS) is 13.5. The minimum atomic E-state index is -0.182. The molecule has 20 heavy (non-hydrogen) atoms. The van der Waals surface area contributed by atoms with Gasteiger partial charge in [0.15, 0.2) is 0 Å². The molecule has 0 spiro atoms. The zero-order valence-electron chi connectivity index (χ0n) is 11.2. The van der Waals surface area contributed by atoms with Crippen molar-refractivity contribution in [2.75, 3.05) is 0 Å². The number of nitriles is 1. The molecule has 2 rings (SSSR count). The molecule has 0 heterocycles. The summed E-state index contributed by atoms with van der Waals surface area (Å²) in [7, 11) is 0. The summed E-state index contributed by atoms with van der Waals surface area (Å²) in [5.74, 6) is -0.0307. The second-order valence-electron chi connectivity index (χ2n) is 4.72. The summed E-state index contributed by atoms with van der Waals surface area (Å²) in [6.45, 7) is 2.10. The van der Waals surface area contributed by atoms with E-state index in [-0.39, 0.29) is 11.8 Å². The van der Waals surface area contributed by atoms with Crippen molar-refractivity contribution in [3.05, 3.63) is 69.7 Å². The molecular weight excluding hydrogens is 289 g/mol. The van der Waals surface area contributed by atoms with Crippen molar-refractivity contribution in [1.82, 2.24) is 0 Å². The lowest BCUT2D eigenvalue weighted by Gasteiger charge is -2.21. The van der Waals surface area contributed by atoms with Crippen molar-refractivity contribution in [2.45, 2.75) is 25.2 Å². The van der Waals surface area contributed by atoms with Gasteiger partial charge in [0.25, 0.3) is 0 Å². The molecule has 0 radical (unpaired) electrons. The SMILES string of the molecule is CCC(c1ccc(Cl)cc1)C(C#N)c1ccc(Cl)cc1. The predicted molar refractivity (Wildman–Crippen MR) is 84.3 cm³/mol. The molecule has 0 fully saturated rings. The molecule has 0 aromatic heterocycles. The maximum atomic E-state index is 9.56. The summed E-state index contributed by atoms with van der Waals surface area (Å²) in [4.78, 5) is 0. The average molecular weight is 304 g/mol. The third kappa shape index (κ3) is 3.33. The number of halogens is 2. The first-order chi connectivity index (χ1) is 9.65. The van der Waals surface area contributed by atoms with E-state index in [1.165, 1.54) is 0 Å². The Kier molecular flexibility index (Phi) is 5.06. The fourth-order valence-corrected chi connectivity index (χ4v) is 2.69. The molecule has 0 aliphatic heterocycles. The molecule has 0 saturated carbocycles. The van der Waals surface area contributed by atoms with Crippen molar-refractivity contribution in [3.63, 3.8) is 0 Å². The fraction of sp³-hybridized carbons (Fsp3) is 0.235. The summed E-state index contributed by atoms with van der Waals surface area (Å²) >= 11 is 11.8. The van der Waals surface area contributed by atoms with Crippen LogP contribution in [0.3, 0.4) is 0 Å². The molecule has 2 atom stereocenters. The Labute approximate surface area is 129 Å². The van der Waals surface area contributed by atoms with Crippen LogP contribution in [0.1, 0.15) is 36.3 Å². The van der Waals surface area contributed by atoms with Crippen LogP contribution in [-0.2, 0) is 0 Å². The minimum Gasteiger partial charge on any atom is -0.198 e. The number of hydrogen-bond donors (Lipinski definition) is 0. The zero-order valence-corrected chi connectivity index (χ0v) is 12.7. The van der Waals surface area contributed by atoms with Gasteiger partial charge in [-0.3, -0.25) is 0 Å². The largest absolute Gasteiger partial charge is 0.198 e. The maximum absolute atomic E-state index is 9.56. The quantitative estimate of drug-likeness (QED) is 0.701. The van der Waals surface area contributed by atoms with Gasteiger partial charge in [0.05, 0.1) is 12.0 Å². The highest BCUT2D eigenvalue weighted by atomic mass is 35.5. The van der Waals surface area contributed by atoms with Gasteiger partial charge in [-0.15, -0.1) is 0 Å².